The fraction of sp³-hybridized carbons (Fsp3) is 0.167. The first-order valence-electron chi connectivity index (χ1n) is 9.62. The lowest BCUT2D eigenvalue weighted by molar-refractivity contribution is 0.0535. The lowest BCUT2D eigenvalue weighted by atomic mass is 10.0. The summed E-state index contributed by atoms with van der Waals surface area (Å²) in [5.41, 5.74) is 3.37. The van der Waals surface area contributed by atoms with Gasteiger partial charge in [0.05, 0.1) is 10.6 Å². The summed E-state index contributed by atoms with van der Waals surface area (Å²) in [6, 6.07) is 24.8. The zero-order chi connectivity index (χ0) is 20.2. The number of hydrogen-bond acceptors (Lipinski definition) is 2. The molecular weight excluding hydrogens is 384 g/mol. The van der Waals surface area contributed by atoms with Gasteiger partial charge in [-0.15, -0.1) is 0 Å². The number of rotatable bonds is 3. The van der Waals surface area contributed by atoms with Crippen LogP contribution >= 0.6 is 11.6 Å². The molecule has 0 bridgehead atoms. The van der Waals surface area contributed by atoms with Crippen molar-refractivity contribution in [2.24, 2.45) is 0 Å². The Kier molecular flexibility index (Phi) is 5.63. The van der Waals surface area contributed by atoms with Crippen molar-refractivity contribution < 1.29 is 9.59 Å². The molecule has 0 unspecified atom stereocenters. The van der Waals surface area contributed by atoms with Crippen LogP contribution in [-0.4, -0.2) is 47.8 Å². The molecule has 1 aliphatic rings. The summed E-state index contributed by atoms with van der Waals surface area (Å²) < 4.78 is 0. The summed E-state index contributed by atoms with van der Waals surface area (Å²) in [7, 11) is 0. The van der Waals surface area contributed by atoms with Gasteiger partial charge in [0.15, 0.2) is 0 Å². The van der Waals surface area contributed by atoms with E-state index < -0.39 is 0 Å². The minimum Gasteiger partial charge on any atom is -0.335 e. The van der Waals surface area contributed by atoms with Crippen LogP contribution in [0.25, 0.3) is 11.1 Å². The van der Waals surface area contributed by atoms with Gasteiger partial charge in [0, 0.05) is 31.7 Å². The Hall–Kier alpha value is -3.11. The summed E-state index contributed by atoms with van der Waals surface area (Å²) >= 11 is 6.14. The van der Waals surface area contributed by atoms with Crippen molar-refractivity contribution in [3.8, 4) is 11.1 Å². The topological polar surface area (TPSA) is 40.6 Å². The predicted octanol–water partition coefficient (Wildman–Crippen LogP) is 4.61. The van der Waals surface area contributed by atoms with Gasteiger partial charge in [-0.2, -0.15) is 0 Å². The highest BCUT2D eigenvalue weighted by atomic mass is 35.5. The smallest absolute Gasteiger partial charge is 0.255 e. The number of nitrogens with zero attached hydrogens (tertiary/aromatic N) is 2. The van der Waals surface area contributed by atoms with Crippen molar-refractivity contribution in [2.45, 2.75) is 0 Å². The zero-order valence-corrected chi connectivity index (χ0v) is 16.7. The van der Waals surface area contributed by atoms with E-state index in [0.717, 1.165) is 11.1 Å². The molecule has 1 aliphatic heterocycles. The molecule has 4 nitrogen and oxygen atoms in total. The van der Waals surface area contributed by atoms with Crippen LogP contribution in [0.15, 0.2) is 78.9 Å². The minimum atomic E-state index is -0.0880. The molecule has 3 aromatic carbocycles. The Balaban J connectivity index is 1.39. The first kappa shape index (κ1) is 19.2. The Bertz CT molecular complexity index is 1010. The van der Waals surface area contributed by atoms with Crippen LogP contribution in [-0.2, 0) is 0 Å². The van der Waals surface area contributed by atoms with Gasteiger partial charge >= 0.3 is 0 Å². The van der Waals surface area contributed by atoms with Crippen LogP contribution in [0.5, 0.6) is 0 Å². The first-order valence-corrected chi connectivity index (χ1v) is 10.00. The molecule has 0 radical (unpaired) electrons. The van der Waals surface area contributed by atoms with Crippen molar-refractivity contribution in [3.63, 3.8) is 0 Å². The van der Waals surface area contributed by atoms with Crippen LogP contribution < -0.4 is 0 Å². The van der Waals surface area contributed by atoms with E-state index in [0.29, 0.717) is 42.3 Å². The molecule has 2 amide bonds. The maximum atomic E-state index is 12.8. The summed E-state index contributed by atoms with van der Waals surface area (Å²) in [4.78, 5) is 29.1. The maximum absolute atomic E-state index is 12.8. The Morgan fingerprint density at radius 2 is 1.14 bits per heavy atom. The highest BCUT2D eigenvalue weighted by molar-refractivity contribution is 6.33. The van der Waals surface area contributed by atoms with Gasteiger partial charge in [-0.05, 0) is 35.4 Å². The van der Waals surface area contributed by atoms with Gasteiger partial charge in [0.25, 0.3) is 11.8 Å². The largest absolute Gasteiger partial charge is 0.335 e. The van der Waals surface area contributed by atoms with E-state index in [1.807, 2.05) is 54.6 Å². The highest BCUT2D eigenvalue weighted by Gasteiger charge is 2.26. The second-order valence-electron chi connectivity index (χ2n) is 7.01. The van der Waals surface area contributed by atoms with E-state index in [2.05, 4.69) is 0 Å². The van der Waals surface area contributed by atoms with E-state index >= 15 is 0 Å². The number of carbonyl (C=O) groups excluding carboxylic acids is 2. The second kappa shape index (κ2) is 8.50. The van der Waals surface area contributed by atoms with Crippen LogP contribution in [0.2, 0.25) is 5.02 Å². The molecule has 3 aromatic rings. The van der Waals surface area contributed by atoms with Crippen molar-refractivity contribution in [1.82, 2.24) is 9.80 Å². The Morgan fingerprint density at radius 1 is 0.621 bits per heavy atom. The van der Waals surface area contributed by atoms with Crippen molar-refractivity contribution in [2.75, 3.05) is 26.2 Å². The molecule has 0 atom stereocenters. The average molecular weight is 405 g/mol. The van der Waals surface area contributed by atoms with E-state index in [9.17, 15) is 9.59 Å². The van der Waals surface area contributed by atoms with Crippen molar-refractivity contribution in [3.05, 3.63) is 95.0 Å². The monoisotopic (exact) mass is 404 g/mol. The summed E-state index contributed by atoms with van der Waals surface area (Å²) in [5.74, 6) is -0.0932. The molecular formula is C24H21ClN2O2. The van der Waals surface area contributed by atoms with Gasteiger partial charge in [-0.3, -0.25) is 9.59 Å². The van der Waals surface area contributed by atoms with Crippen molar-refractivity contribution >= 4 is 23.4 Å². The van der Waals surface area contributed by atoms with Gasteiger partial charge in [-0.1, -0.05) is 66.2 Å². The minimum absolute atomic E-state index is 0.00514. The number of halogens is 1. The van der Waals surface area contributed by atoms with Crippen molar-refractivity contribution in [1.29, 1.82) is 0 Å². The predicted molar refractivity (Wildman–Crippen MR) is 115 cm³/mol. The molecule has 0 spiro atoms. The third kappa shape index (κ3) is 4.17. The van der Waals surface area contributed by atoms with Gasteiger partial charge in [0.1, 0.15) is 0 Å². The molecule has 0 aliphatic carbocycles. The quantitative estimate of drug-likeness (QED) is 0.639. The van der Waals surface area contributed by atoms with E-state index in [1.165, 1.54) is 0 Å². The van der Waals surface area contributed by atoms with Crippen LogP contribution in [0.3, 0.4) is 0 Å². The summed E-state index contributed by atoms with van der Waals surface area (Å²) in [6.07, 6.45) is 0. The third-order valence-electron chi connectivity index (χ3n) is 5.20. The molecule has 1 heterocycles. The zero-order valence-electron chi connectivity index (χ0n) is 15.9. The first-order chi connectivity index (χ1) is 14.1. The van der Waals surface area contributed by atoms with Gasteiger partial charge in [-0.25, -0.2) is 0 Å². The standard InChI is InChI=1S/C24H21ClN2O2/c25-22-9-5-4-8-21(22)24(29)27-16-14-26(15-17-27)23(28)20-12-10-19(11-13-20)18-6-2-1-3-7-18/h1-13H,14-17H2. The van der Waals surface area contributed by atoms with E-state index in [1.54, 1.807) is 34.1 Å². The Labute approximate surface area is 175 Å². The van der Waals surface area contributed by atoms with Gasteiger partial charge in [0.2, 0.25) is 0 Å². The lowest BCUT2D eigenvalue weighted by Crippen LogP contribution is -2.50. The average Bonchev–Trinajstić information content (AvgIpc) is 2.79. The number of carbonyl (C=O) groups is 2. The number of benzene rings is 3. The second-order valence-corrected chi connectivity index (χ2v) is 7.41. The number of piperazine rings is 1. The fourth-order valence-corrected chi connectivity index (χ4v) is 3.75. The molecule has 5 heteroatoms. The summed E-state index contributed by atoms with van der Waals surface area (Å²) in [6.45, 7) is 2.01. The molecule has 0 aromatic heterocycles. The molecule has 0 saturated carbocycles. The molecule has 1 fully saturated rings. The number of amides is 2. The summed E-state index contributed by atoms with van der Waals surface area (Å²) in [5, 5.41) is 0.453. The van der Waals surface area contributed by atoms with Crippen LogP contribution in [0.4, 0.5) is 0 Å². The molecule has 1 saturated heterocycles. The normalized spacial score (nSPS) is 14.0. The molecule has 146 valence electrons. The Morgan fingerprint density at radius 3 is 1.76 bits per heavy atom. The fourth-order valence-electron chi connectivity index (χ4n) is 3.54. The van der Waals surface area contributed by atoms with E-state index in [-0.39, 0.29) is 11.8 Å². The maximum Gasteiger partial charge on any atom is 0.255 e. The molecule has 4 rings (SSSR count). The van der Waals surface area contributed by atoms with Crippen LogP contribution in [0.1, 0.15) is 20.7 Å². The number of hydrogen-bond donors (Lipinski definition) is 0. The van der Waals surface area contributed by atoms with E-state index in [4.69, 9.17) is 11.6 Å². The lowest BCUT2D eigenvalue weighted by Gasteiger charge is -2.35. The van der Waals surface area contributed by atoms with Gasteiger partial charge < -0.3 is 9.80 Å². The molecule has 0 N–H and O–H groups in total. The van der Waals surface area contributed by atoms with Crippen LogP contribution in [0, 0.1) is 0 Å². The third-order valence-corrected chi connectivity index (χ3v) is 5.53. The SMILES string of the molecule is O=C(c1ccc(-c2ccccc2)cc1)N1CCN(C(=O)c2ccccc2Cl)CC1. The molecule has 29 heavy (non-hydrogen) atoms. The highest BCUT2D eigenvalue weighted by Crippen LogP contribution is 2.21.